The Kier molecular flexibility index (Phi) is 5.28. The Morgan fingerprint density at radius 1 is 1.15 bits per heavy atom. The first-order valence-electron chi connectivity index (χ1n) is 8.68. The van der Waals surface area contributed by atoms with Crippen LogP contribution in [-0.4, -0.2) is 30.3 Å². The molecule has 1 unspecified atom stereocenters. The highest BCUT2D eigenvalue weighted by atomic mass is 16.1. The van der Waals surface area contributed by atoms with E-state index in [9.17, 15) is 4.79 Å². The molecule has 2 heteroatoms. The van der Waals surface area contributed by atoms with E-state index in [1.54, 1.807) is 0 Å². The molecule has 0 spiro atoms. The molecule has 20 heavy (non-hydrogen) atoms. The zero-order valence-electron chi connectivity index (χ0n) is 14.0. The Balaban J connectivity index is 1.85. The number of rotatable bonds is 4. The van der Waals surface area contributed by atoms with Gasteiger partial charge in [-0.05, 0) is 51.5 Å². The third-order valence-electron chi connectivity index (χ3n) is 5.92. The lowest BCUT2D eigenvalue weighted by Gasteiger charge is -2.39. The van der Waals surface area contributed by atoms with E-state index in [1.807, 2.05) is 0 Å². The summed E-state index contributed by atoms with van der Waals surface area (Å²) >= 11 is 0. The molecule has 0 bridgehead atoms. The largest absolute Gasteiger partial charge is 0.303 e. The summed E-state index contributed by atoms with van der Waals surface area (Å²) < 4.78 is 0. The van der Waals surface area contributed by atoms with Crippen molar-refractivity contribution in [2.24, 2.45) is 17.3 Å². The quantitative estimate of drug-likeness (QED) is 0.765. The molecule has 1 atom stereocenters. The Morgan fingerprint density at radius 3 is 2.40 bits per heavy atom. The van der Waals surface area contributed by atoms with Gasteiger partial charge in [-0.15, -0.1) is 0 Å². The third-order valence-corrected chi connectivity index (χ3v) is 5.92. The lowest BCUT2D eigenvalue weighted by atomic mass is 9.70. The van der Waals surface area contributed by atoms with E-state index in [2.05, 4.69) is 32.7 Å². The van der Waals surface area contributed by atoms with Crippen LogP contribution < -0.4 is 0 Å². The van der Waals surface area contributed by atoms with Gasteiger partial charge in [0.25, 0.3) is 0 Å². The Morgan fingerprint density at radius 2 is 1.80 bits per heavy atom. The van der Waals surface area contributed by atoms with Gasteiger partial charge in [-0.3, -0.25) is 4.79 Å². The number of ketones is 1. The second-order valence-electron chi connectivity index (χ2n) is 7.86. The van der Waals surface area contributed by atoms with E-state index in [0.29, 0.717) is 5.78 Å². The summed E-state index contributed by atoms with van der Waals surface area (Å²) in [5.74, 6) is 1.75. The van der Waals surface area contributed by atoms with Crippen molar-refractivity contribution < 1.29 is 4.79 Å². The predicted molar refractivity (Wildman–Crippen MR) is 84.8 cm³/mol. The van der Waals surface area contributed by atoms with Gasteiger partial charge in [-0.2, -0.15) is 0 Å². The first-order valence-corrected chi connectivity index (χ1v) is 8.68. The fourth-order valence-electron chi connectivity index (χ4n) is 4.26. The molecule has 0 amide bonds. The van der Waals surface area contributed by atoms with Gasteiger partial charge >= 0.3 is 0 Å². The van der Waals surface area contributed by atoms with Crippen molar-refractivity contribution in [1.82, 2.24) is 4.90 Å². The van der Waals surface area contributed by atoms with Gasteiger partial charge in [0.15, 0.2) is 0 Å². The third kappa shape index (κ3) is 3.63. The van der Waals surface area contributed by atoms with Crippen molar-refractivity contribution in [3.63, 3.8) is 0 Å². The number of hydrogen-bond acceptors (Lipinski definition) is 2. The van der Waals surface area contributed by atoms with Crippen molar-refractivity contribution in [2.75, 3.05) is 13.6 Å². The van der Waals surface area contributed by atoms with Crippen LogP contribution in [0.1, 0.15) is 72.1 Å². The van der Waals surface area contributed by atoms with Crippen LogP contribution in [0.25, 0.3) is 0 Å². The van der Waals surface area contributed by atoms with Crippen LogP contribution in [0.4, 0.5) is 0 Å². The second-order valence-corrected chi connectivity index (χ2v) is 7.86. The van der Waals surface area contributed by atoms with E-state index in [-0.39, 0.29) is 11.3 Å². The Hall–Kier alpha value is -0.370. The summed E-state index contributed by atoms with van der Waals surface area (Å²) in [7, 11) is 2.24. The molecule has 2 nitrogen and oxygen atoms in total. The summed E-state index contributed by atoms with van der Waals surface area (Å²) in [4.78, 5) is 15.0. The van der Waals surface area contributed by atoms with Crippen LogP contribution in [-0.2, 0) is 4.79 Å². The maximum Gasteiger partial charge on any atom is 0.142 e. The van der Waals surface area contributed by atoms with Gasteiger partial charge < -0.3 is 4.90 Å². The van der Waals surface area contributed by atoms with Crippen LogP contribution in [0, 0.1) is 17.3 Å². The average Bonchev–Trinajstić information content (AvgIpc) is 2.44. The van der Waals surface area contributed by atoms with Crippen LogP contribution in [0.15, 0.2) is 0 Å². The van der Waals surface area contributed by atoms with Crippen molar-refractivity contribution >= 4 is 5.78 Å². The SMILES string of the molecule is CCC1CCC(N(C)CC2CCCC(C)(C)C2=O)CC1. The number of Topliss-reactive ketones (excluding diaryl/α,β-unsaturated/α-hetero) is 1. The molecule has 2 aliphatic rings. The van der Waals surface area contributed by atoms with Crippen LogP contribution in [0.2, 0.25) is 0 Å². The normalized spacial score (nSPS) is 34.5. The maximum atomic E-state index is 12.5. The van der Waals surface area contributed by atoms with Crippen molar-refractivity contribution in [3.8, 4) is 0 Å². The molecule has 2 fully saturated rings. The standard InChI is InChI=1S/C18H33NO/c1-5-14-8-10-16(11-9-14)19(4)13-15-7-6-12-18(2,3)17(15)20/h14-16H,5-13H2,1-4H3. The van der Waals surface area contributed by atoms with Crippen molar-refractivity contribution in [1.29, 1.82) is 0 Å². The smallest absolute Gasteiger partial charge is 0.142 e. The highest BCUT2D eigenvalue weighted by Crippen LogP contribution is 2.36. The van der Waals surface area contributed by atoms with E-state index >= 15 is 0 Å². The number of nitrogens with zero attached hydrogens (tertiary/aromatic N) is 1. The molecular formula is C18H33NO. The van der Waals surface area contributed by atoms with E-state index < -0.39 is 0 Å². The van der Waals surface area contributed by atoms with E-state index in [0.717, 1.165) is 31.3 Å². The fourth-order valence-corrected chi connectivity index (χ4v) is 4.26. The highest BCUT2D eigenvalue weighted by molar-refractivity contribution is 5.87. The molecule has 2 aliphatic carbocycles. The molecule has 116 valence electrons. The average molecular weight is 279 g/mol. The number of carbonyl (C=O) groups excluding carboxylic acids is 1. The fraction of sp³-hybridized carbons (Fsp3) is 0.944. The molecule has 0 N–H and O–H groups in total. The van der Waals surface area contributed by atoms with Gasteiger partial charge in [-0.1, -0.05) is 33.6 Å². The van der Waals surface area contributed by atoms with Gasteiger partial charge in [0.2, 0.25) is 0 Å². The summed E-state index contributed by atoms with van der Waals surface area (Å²) in [5, 5.41) is 0. The minimum atomic E-state index is -0.0797. The lowest BCUT2D eigenvalue weighted by Crippen LogP contribution is -2.44. The number of carbonyl (C=O) groups is 1. The maximum absolute atomic E-state index is 12.5. The van der Waals surface area contributed by atoms with Gasteiger partial charge in [0.1, 0.15) is 5.78 Å². The Labute approximate surface area is 125 Å². The molecule has 0 aromatic rings. The molecule has 0 heterocycles. The molecule has 0 aromatic carbocycles. The topological polar surface area (TPSA) is 20.3 Å². The molecule has 0 aliphatic heterocycles. The molecule has 2 saturated carbocycles. The molecule has 0 radical (unpaired) electrons. The first kappa shape index (κ1) is 16.0. The highest BCUT2D eigenvalue weighted by Gasteiger charge is 2.38. The molecule has 0 aromatic heterocycles. The van der Waals surface area contributed by atoms with Crippen molar-refractivity contribution in [2.45, 2.75) is 78.2 Å². The van der Waals surface area contributed by atoms with E-state index in [4.69, 9.17) is 0 Å². The summed E-state index contributed by atoms with van der Waals surface area (Å²) in [6.07, 6.45) is 10.2. The van der Waals surface area contributed by atoms with Gasteiger partial charge in [-0.25, -0.2) is 0 Å². The van der Waals surface area contributed by atoms with Crippen LogP contribution in [0.5, 0.6) is 0 Å². The zero-order valence-corrected chi connectivity index (χ0v) is 14.0. The van der Waals surface area contributed by atoms with Gasteiger partial charge in [0, 0.05) is 23.9 Å². The number of hydrogen-bond donors (Lipinski definition) is 0. The second kappa shape index (κ2) is 6.60. The van der Waals surface area contributed by atoms with Gasteiger partial charge in [0.05, 0.1) is 0 Å². The first-order chi connectivity index (χ1) is 9.44. The summed E-state index contributed by atoms with van der Waals surface area (Å²) in [6, 6.07) is 0.718. The minimum absolute atomic E-state index is 0.0797. The monoisotopic (exact) mass is 279 g/mol. The lowest BCUT2D eigenvalue weighted by molar-refractivity contribution is -0.135. The summed E-state index contributed by atoms with van der Waals surface area (Å²) in [6.45, 7) is 7.57. The molecule has 2 rings (SSSR count). The van der Waals surface area contributed by atoms with Crippen LogP contribution in [0.3, 0.4) is 0 Å². The molecular weight excluding hydrogens is 246 g/mol. The van der Waals surface area contributed by atoms with Crippen molar-refractivity contribution in [3.05, 3.63) is 0 Å². The van der Waals surface area contributed by atoms with E-state index in [1.165, 1.54) is 38.5 Å². The Bertz CT molecular complexity index is 328. The molecule has 0 saturated heterocycles. The predicted octanol–water partition coefficient (Wildman–Crippen LogP) is 4.28. The minimum Gasteiger partial charge on any atom is -0.303 e. The summed E-state index contributed by atoms with van der Waals surface area (Å²) in [5.41, 5.74) is -0.0797. The zero-order chi connectivity index (χ0) is 14.8. The van der Waals surface area contributed by atoms with Crippen LogP contribution >= 0.6 is 0 Å².